The molecule has 1 aromatic carbocycles. The van der Waals surface area contributed by atoms with Crippen LogP contribution in [0.2, 0.25) is 0 Å². The molecule has 0 radical (unpaired) electrons. The van der Waals surface area contributed by atoms with Crippen molar-refractivity contribution >= 4 is 22.4 Å². The standard InChI is InChI=1S/C18H20N4OS/c1-4-12-6-7-13(5-2)14(8-12)16-10-24-18(22-16)21-11(3)15(9-19)17(20)23/h6-8,10H,4-5H2,1-3H3,(H2,20,23)(H,21,22). The predicted molar refractivity (Wildman–Crippen MR) is 97.4 cm³/mol. The van der Waals surface area contributed by atoms with Crippen LogP contribution in [0, 0.1) is 11.3 Å². The Kier molecular flexibility index (Phi) is 5.72. The number of aryl methyl sites for hydroxylation is 2. The number of primary amides is 1. The van der Waals surface area contributed by atoms with Crippen molar-refractivity contribution in [2.24, 2.45) is 5.73 Å². The van der Waals surface area contributed by atoms with Crippen molar-refractivity contribution in [1.29, 1.82) is 5.26 Å². The lowest BCUT2D eigenvalue weighted by atomic mass is 9.99. The zero-order chi connectivity index (χ0) is 17.7. The summed E-state index contributed by atoms with van der Waals surface area (Å²) in [7, 11) is 0. The minimum absolute atomic E-state index is 0.0889. The number of aromatic nitrogens is 1. The fourth-order valence-electron chi connectivity index (χ4n) is 2.39. The second-order valence-corrected chi connectivity index (χ2v) is 6.20. The number of rotatable bonds is 6. The Morgan fingerprint density at radius 3 is 2.71 bits per heavy atom. The van der Waals surface area contributed by atoms with Crippen LogP contribution in [0.4, 0.5) is 5.13 Å². The van der Waals surface area contributed by atoms with Gasteiger partial charge in [0.1, 0.15) is 11.6 Å². The third-order valence-corrected chi connectivity index (χ3v) is 4.53. The molecule has 0 spiro atoms. The third-order valence-electron chi connectivity index (χ3n) is 3.77. The minimum atomic E-state index is -0.747. The summed E-state index contributed by atoms with van der Waals surface area (Å²) in [5, 5.41) is 14.6. The van der Waals surface area contributed by atoms with Gasteiger partial charge in [-0.3, -0.25) is 4.79 Å². The van der Waals surface area contributed by atoms with Crippen molar-refractivity contribution in [3.05, 3.63) is 46.0 Å². The lowest BCUT2D eigenvalue weighted by Crippen LogP contribution is -2.16. The van der Waals surface area contributed by atoms with Crippen LogP contribution in [-0.2, 0) is 17.6 Å². The van der Waals surface area contributed by atoms with Gasteiger partial charge in [-0.25, -0.2) is 4.98 Å². The van der Waals surface area contributed by atoms with Crippen molar-refractivity contribution < 1.29 is 4.79 Å². The van der Waals surface area contributed by atoms with Gasteiger partial charge in [0.15, 0.2) is 5.13 Å². The van der Waals surface area contributed by atoms with Crippen LogP contribution in [0.5, 0.6) is 0 Å². The summed E-state index contributed by atoms with van der Waals surface area (Å²) in [4.78, 5) is 15.8. The fraction of sp³-hybridized carbons (Fsp3) is 0.278. The topological polar surface area (TPSA) is 91.8 Å². The van der Waals surface area contributed by atoms with Crippen molar-refractivity contribution in [3.8, 4) is 17.3 Å². The van der Waals surface area contributed by atoms with E-state index in [1.807, 2.05) is 11.4 Å². The highest BCUT2D eigenvalue weighted by Gasteiger charge is 2.12. The summed E-state index contributed by atoms with van der Waals surface area (Å²) in [5.74, 6) is -0.747. The van der Waals surface area contributed by atoms with Gasteiger partial charge >= 0.3 is 0 Å². The van der Waals surface area contributed by atoms with Gasteiger partial charge in [0, 0.05) is 16.6 Å². The average Bonchev–Trinajstić information content (AvgIpc) is 3.02. The quantitative estimate of drug-likeness (QED) is 0.620. The Balaban J connectivity index is 2.35. The Morgan fingerprint density at radius 2 is 2.12 bits per heavy atom. The van der Waals surface area contributed by atoms with Crippen LogP contribution >= 0.6 is 11.3 Å². The highest BCUT2D eigenvalue weighted by Crippen LogP contribution is 2.30. The lowest BCUT2D eigenvalue weighted by molar-refractivity contribution is -0.114. The molecule has 0 aliphatic heterocycles. The van der Waals surface area contributed by atoms with Crippen molar-refractivity contribution in [2.45, 2.75) is 33.6 Å². The van der Waals surface area contributed by atoms with Crippen LogP contribution < -0.4 is 11.1 Å². The number of carbonyl (C=O) groups is 1. The molecular weight excluding hydrogens is 320 g/mol. The number of nitrogens with two attached hydrogens (primary N) is 1. The molecule has 1 aromatic heterocycles. The molecule has 0 saturated carbocycles. The number of amides is 1. The van der Waals surface area contributed by atoms with Gasteiger partial charge < -0.3 is 11.1 Å². The number of nitriles is 1. The Hall–Kier alpha value is -2.65. The van der Waals surface area contributed by atoms with Gasteiger partial charge in [0.25, 0.3) is 5.91 Å². The molecule has 1 amide bonds. The molecule has 1 heterocycles. The maximum atomic E-state index is 11.2. The Bertz CT molecular complexity index is 830. The van der Waals surface area contributed by atoms with Crippen molar-refractivity contribution in [1.82, 2.24) is 4.98 Å². The molecule has 24 heavy (non-hydrogen) atoms. The first kappa shape index (κ1) is 17.7. The van der Waals surface area contributed by atoms with Crippen LogP contribution in [0.1, 0.15) is 31.9 Å². The molecule has 2 rings (SSSR count). The number of anilines is 1. The molecule has 0 bridgehead atoms. The van der Waals surface area contributed by atoms with Crippen LogP contribution in [-0.4, -0.2) is 10.9 Å². The number of carbonyl (C=O) groups excluding carboxylic acids is 1. The van der Waals surface area contributed by atoms with E-state index in [0.717, 1.165) is 24.1 Å². The molecule has 0 atom stereocenters. The van der Waals surface area contributed by atoms with E-state index in [2.05, 4.69) is 42.3 Å². The fourth-order valence-corrected chi connectivity index (χ4v) is 3.16. The van der Waals surface area contributed by atoms with Crippen molar-refractivity contribution in [3.63, 3.8) is 0 Å². The summed E-state index contributed by atoms with van der Waals surface area (Å²) in [6, 6.07) is 8.27. The second-order valence-electron chi connectivity index (χ2n) is 5.34. The SMILES string of the molecule is CCc1ccc(CC)c(-c2csc(NC(C)=C(C#N)C(N)=O)n2)c1. The smallest absolute Gasteiger partial charge is 0.261 e. The highest BCUT2D eigenvalue weighted by atomic mass is 32.1. The molecule has 2 aromatic rings. The number of thiazole rings is 1. The lowest BCUT2D eigenvalue weighted by Gasteiger charge is -2.08. The highest BCUT2D eigenvalue weighted by molar-refractivity contribution is 7.14. The van der Waals surface area contributed by atoms with Gasteiger partial charge in [0.05, 0.1) is 5.69 Å². The van der Waals surface area contributed by atoms with E-state index in [9.17, 15) is 4.79 Å². The number of benzene rings is 1. The first-order chi connectivity index (χ1) is 11.5. The van der Waals surface area contributed by atoms with Crippen molar-refractivity contribution in [2.75, 3.05) is 5.32 Å². The normalized spacial score (nSPS) is 11.6. The molecule has 3 N–H and O–H groups in total. The first-order valence-corrected chi connectivity index (χ1v) is 8.63. The summed E-state index contributed by atoms with van der Waals surface area (Å²) in [6.07, 6.45) is 1.90. The molecule has 0 saturated heterocycles. The molecule has 0 fully saturated rings. The maximum Gasteiger partial charge on any atom is 0.261 e. The summed E-state index contributed by atoms with van der Waals surface area (Å²) < 4.78 is 0. The van der Waals surface area contributed by atoms with Crippen LogP contribution in [0.15, 0.2) is 34.8 Å². The molecule has 6 heteroatoms. The van der Waals surface area contributed by atoms with Gasteiger partial charge in [0.2, 0.25) is 0 Å². The first-order valence-electron chi connectivity index (χ1n) is 7.75. The van der Waals surface area contributed by atoms with Gasteiger partial charge in [-0.2, -0.15) is 5.26 Å². The number of nitrogens with zero attached hydrogens (tertiary/aromatic N) is 2. The molecule has 0 aliphatic rings. The van der Waals surface area contributed by atoms with E-state index < -0.39 is 5.91 Å². The van der Waals surface area contributed by atoms with E-state index >= 15 is 0 Å². The number of nitrogens with one attached hydrogen (secondary N) is 1. The number of hydrogen-bond acceptors (Lipinski definition) is 5. The largest absolute Gasteiger partial charge is 0.365 e. The molecular formula is C18H20N4OS. The monoisotopic (exact) mass is 340 g/mol. The zero-order valence-corrected chi connectivity index (χ0v) is 14.8. The van der Waals surface area contributed by atoms with Gasteiger partial charge in [-0.1, -0.05) is 26.0 Å². The van der Waals surface area contributed by atoms with Gasteiger partial charge in [-0.15, -0.1) is 11.3 Å². The maximum absolute atomic E-state index is 11.2. The molecule has 5 nitrogen and oxygen atoms in total. The summed E-state index contributed by atoms with van der Waals surface area (Å²) >= 11 is 1.43. The third kappa shape index (κ3) is 3.81. The Labute approximate surface area is 145 Å². The second kappa shape index (κ2) is 7.75. The zero-order valence-electron chi connectivity index (χ0n) is 14.0. The van der Waals surface area contributed by atoms with Crippen LogP contribution in [0.25, 0.3) is 11.3 Å². The van der Waals surface area contributed by atoms with E-state index in [0.29, 0.717) is 10.8 Å². The predicted octanol–water partition coefficient (Wildman–Crippen LogP) is 3.63. The van der Waals surface area contributed by atoms with Gasteiger partial charge in [-0.05, 0) is 37.0 Å². The number of allylic oxidation sites excluding steroid dienone is 1. The number of hydrogen-bond donors (Lipinski definition) is 2. The van der Waals surface area contributed by atoms with E-state index in [1.54, 1.807) is 6.92 Å². The van der Waals surface area contributed by atoms with Crippen LogP contribution in [0.3, 0.4) is 0 Å². The summed E-state index contributed by atoms with van der Waals surface area (Å²) in [5.41, 5.74) is 10.0. The Morgan fingerprint density at radius 1 is 1.38 bits per heavy atom. The summed E-state index contributed by atoms with van der Waals surface area (Å²) in [6.45, 7) is 5.88. The average molecular weight is 340 g/mol. The minimum Gasteiger partial charge on any atom is -0.365 e. The molecule has 0 aliphatic carbocycles. The van der Waals surface area contributed by atoms with E-state index in [1.165, 1.54) is 22.5 Å². The van der Waals surface area contributed by atoms with E-state index in [4.69, 9.17) is 11.0 Å². The molecule has 0 unspecified atom stereocenters. The van der Waals surface area contributed by atoms with E-state index in [-0.39, 0.29) is 5.57 Å². The molecule has 124 valence electrons.